The van der Waals surface area contributed by atoms with Gasteiger partial charge in [-0.3, -0.25) is 0 Å². The van der Waals surface area contributed by atoms with Crippen LogP contribution >= 0.6 is 0 Å². The van der Waals surface area contributed by atoms with Crippen molar-refractivity contribution in [1.82, 2.24) is 0 Å². The topological polar surface area (TPSA) is 96.1 Å². The average Bonchev–Trinajstić information content (AvgIpc) is 2.77. The molecule has 0 amide bonds. The van der Waals surface area contributed by atoms with Gasteiger partial charge in [-0.1, -0.05) is 54.6 Å². The van der Waals surface area contributed by atoms with E-state index in [0.29, 0.717) is 0 Å². The van der Waals surface area contributed by atoms with E-state index in [1.54, 1.807) is 0 Å². The van der Waals surface area contributed by atoms with Crippen molar-refractivity contribution in [2.75, 3.05) is 0 Å². The van der Waals surface area contributed by atoms with Crippen LogP contribution in [0.2, 0.25) is 0 Å². The monoisotopic (exact) mass is 449 g/mol. The van der Waals surface area contributed by atoms with Gasteiger partial charge in [0.1, 0.15) is 5.82 Å². The number of benzene rings is 4. The van der Waals surface area contributed by atoms with Crippen molar-refractivity contribution >= 4 is 21.8 Å². The molecule has 0 unspecified atom stereocenters. The maximum absolute atomic E-state index is 13.5. The Labute approximate surface area is 185 Å². The zero-order chi connectivity index (χ0) is 22.7. The van der Waals surface area contributed by atoms with Gasteiger partial charge in [-0.25, -0.2) is 23.0 Å². The van der Waals surface area contributed by atoms with Crippen LogP contribution in [-0.4, -0.2) is 0 Å². The van der Waals surface area contributed by atoms with Crippen molar-refractivity contribution in [3.05, 3.63) is 109 Å². The summed E-state index contributed by atoms with van der Waals surface area (Å²) in [6, 6.07) is 33.9. The molecule has 5 nitrogen and oxygen atoms in total. The summed E-state index contributed by atoms with van der Waals surface area (Å²) in [6.45, 7) is 0. The quantitative estimate of drug-likeness (QED) is 0.300. The van der Waals surface area contributed by atoms with Crippen LogP contribution < -0.4 is 23.2 Å². The van der Waals surface area contributed by atoms with Gasteiger partial charge in [0.2, 0.25) is 16.7 Å². The van der Waals surface area contributed by atoms with E-state index in [2.05, 4.69) is 65.2 Å². The predicted octanol–water partition coefficient (Wildman–Crippen LogP) is 1.32. The third-order valence-corrected chi connectivity index (χ3v) is 4.98. The van der Waals surface area contributed by atoms with E-state index in [0.717, 1.165) is 16.7 Å². The molecule has 7 heteroatoms. The Morgan fingerprint density at radius 3 is 1.50 bits per heavy atom. The van der Waals surface area contributed by atoms with Crippen LogP contribution in [0.5, 0.6) is 0 Å². The summed E-state index contributed by atoms with van der Waals surface area (Å²) in [5.74, 6) is -0.228. The van der Waals surface area contributed by atoms with Crippen LogP contribution in [0.15, 0.2) is 103 Å². The highest BCUT2D eigenvalue weighted by Gasteiger charge is 2.22. The molecule has 0 aliphatic rings. The molecule has 0 spiro atoms. The van der Waals surface area contributed by atoms with Crippen molar-refractivity contribution in [1.29, 1.82) is 0 Å². The fourth-order valence-corrected chi connectivity index (χ4v) is 3.82. The Balaban J connectivity index is 0.000000444. The lowest BCUT2D eigenvalue weighted by Crippen LogP contribution is -2.68. The standard InChI is InChI=1S/C25H17FN.ClHO4/c26-19-14-16-20(17-15-19)27-23-12-6-4-10-21(23)25(18-8-2-1-3-9-18)22-11-5-7-13-24(22)27;2-1(3,4)5/h1-17H;(H,2,3,4,5)/q+1;/p-1. The molecule has 1 aromatic heterocycles. The zero-order valence-electron chi connectivity index (χ0n) is 16.7. The molecule has 0 aliphatic heterocycles. The Bertz CT molecular complexity index is 1310. The molecule has 0 aliphatic carbocycles. The summed E-state index contributed by atoms with van der Waals surface area (Å²) in [6.07, 6.45) is 0. The number of hydrogen-bond donors (Lipinski definition) is 0. The predicted molar refractivity (Wildman–Crippen MR) is 108 cm³/mol. The van der Waals surface area contributed by atoms with Crippen molar-refractivity contribution in [2.24, 2.45) is 0 Å². The fraction of sp³-hybridized carbons (Fsp3) is 0. The van der Waals surface area contributed by atoms with Gasteiger partial charge in [0.15, 0.2) is 0 Å². The number of fused-ring (bicyclic) bond motifs is 2. The van der Waals surface area contributed by atoms with Gasteiger partial charge >= 0.3 is 0 Å². The van der Waals surface area contributed by atoms with Gasteiger partial charge in [-0.2, -0.15) is 4.57 Å². The number of rotatable bonds is 2. The lowest BCUT2D eigenvalue weighted by atomic mass is 9.95. The first-order valence-electron chi connectivity index (χ1n) is 9.61. The van der Waals surface area contributed by atoms with Crippen molar-refractivity contribution < 1.29 is 37.8 Å². The Morgan fingerprint density at radius 2 is 1.00 bits per heavy atom. The highest BCUT2D eigenvalue weighted by atomic mass is 35.7. The fourth-order valence-electron chi connectivity index (χ4n) is 3.82. The minimum absolute atomic E-state index is 0.228. The van der Waals surface area contributed by atoms with Crippen LogP contribution in [-0.2, 0) is 0 Å². The summed E-state index contributed by atoms with van der Waals surface area (Å²) >= 11 is 0. The number of hydrogen-bond acceptors (Lipinski definition) is 4. The smallest absolute Gasteiger partial charge is 0.219 e. The molecular weight excluding hydrogens is 433 g/mol. The van der Waals surface area contributed by atoms with E-state index in [-0.39, 0.29) is 5.82 Å². The first-order valence-corrected chi connectivity index (χ1v) is 10.8. The molecule has 5 rings (SSSR count). The summed E-state index contributed by atoms with van der Waals surface area (Å²) in [5, 5.41) is 2.35. The molecule has 0 bridgehead atoms. The summed E-state index contributed by atoms with van der Waals surface area (Å²) in [5.41, 5.74) is 5.56. The second-order valence-electron chi connectivity index (χ2n) is 6.97. The van der Waals surface area contributed by atoms with E-state index < -0.39 is 10.2 Å². The molecule has 0 atom stereocenters. The van der Waals surface area contributed by atoms with Crippen molar-refractivity contribution in [2.45, 2.75) is 0 Å². The van der Waals surface area contributed by atoms with Gasteiger partial charge in [-0.05, 0) is 29.8 Å². The molecular formula is C25H17ClFNO4. The molecule has 1 heterocycles. The van der Waals surface area contributed by atoms with Crippen molar-refractivity contribution in [3.8, 4) is 16.8 Å². The lowest BCUT2D eigenvalue weighted by molar-refractivity contribution is -2.00. The van der Waals surface area contributed by atoms with E-state index in [1.165, 1.54) is 34.0 Å². The summed E-state index contributed by atoms with van der Waals surface area (Å²) < 4.78 is 49.7. The van der Waals surface area contributed by atoms with E-state index >= 15 is 0 Å². The number of para-hydroxylation sites is 2. The molecule has 5 aromatic rings. The third-order valence-electron chi connectivity index (χ3n) is 4.98. The molecule has 0 radical (unpaired) electrons. The molecule has 160 valence electrons. The highest BCUT2D eigenvalue weighted by Crippen LogP contribution is 2.34. The second-order valence-corrected chi connectivity index (χ2v) is 7.72. The number of aromatic nitrogens is 1. The molecule has 4 aromatic carbocycles. The van der Waals surface area contributed by atoms with Crippen LogP contribution in [0.1, 0.15) is 0 Å². The minimum atomic E-state index is -4.94. The van der Waals surface area contributed by atoms with Gasteiger partial charge in [0, 0.05) is 29.8 Å². The first kappa shape index (κ1) is 21.8. The van der Waals surface area contributed by atoms with Gasteiger partial charge < -0.3 is 0 Å². The SMILES string of the molecule is Fc1ccc(-[n+]2c3ccccc3c(-c3ccccc3)c3ccccc32)cc1.[O-][Cl+3]([O-])([O-])[O-]. The number of nitrogens with zero attached hydrogens (tertiary/aromatic N) is 1. The second kappa shape index (κ2) is 9.00. The molecule has 0 saturated heterocycles. The first-order chi connectivity index (χ1) is 15.3. The Kier molecular flexibility index (Phi) is 6.14. The minimum Gasteiger partial charge on any atom is -0.222 e. The molecule has 0 saturated carbocycles. The maximum Gasteiger partial charge on any atom is 0.219 e. The zero-order valence-corrected chi connectivity index (χ0v) is 17.4. The summed E-state index contributed by atoms with van der Waals surface area (Å²) in [7, 11) is -4.94. The molecule has 32 heavy (non-hydrogen) atoms. The maximum atomic E-state index is 13.5. The number of pyridine rings is 1. The lowest BCUT2D eigenvalue weighted by Gasteiger charge is -2.17. The van der Waals surface area contributed by atoms with E-state index in [1.807, 2.05) is 30.3 Å². The Hall–Kier alpha value is -3.39. The van der Waals surface area contributed by atoms with Crippen LogP contribution in [0.3, 0.4) is 0 Å². The van der Waals surface area contributed by atoms with E-state index in [9.17, 15) is 4.39 Å². The van der Waals surface area contributed by atoms with Crippen LogP contribution in [0, 0.1) is 16.1 Å². The Morgan fingerprint density at radius 1 is 0.562 bits per heavy atom. The van der Waals surface area contributed by atoms with Gasteiger partial charge in [0.05, 0.1) is 10.8 Å². The number of halogens is 2. The summed E-state index contributed by atoms with van der Waals surface area (Å²) in [4.78, 5) is 0. The van der Waals surface area contributed by atoms with Crippen LogP contribution in [0.25, 0.3) is 38.6 Å². The third kappa shape index (κ3) is 4.75. The van der Waals surface area contributed by atoms with Crippen molar-refractivity contribution in [3.63, 3.8) is 0 Å². The normalized spacial score (nSPS) is 11.3. The molecule has 0 fully saturated rings. The largest absolute Gasteiger partial charge is 0.222 e. The van der Waals surface area contributed by atoms with Crippen LogP contribution in [0.4, 0.5) is 4.39 Å². The highest BCUT2D eigenvalue weighted by molar-refractivity contribution is 6.07. The average molecular weight is 450 g/mol. The van der Waals surface area contributed by atoms with Gasteiger partial charge in [0.25, 0.3) is 0 Å². The van der Waals surface area contributed by atoms with E-state index in [4.69, 9.17) is 18.6 Å². The molecule has 0 N–H and O–H groups in total. The van der Waals surface area contributed by atoms with Gasteiger partial charge in [-0.15, -0.1) is 10.2 Å².